The number of carbonyl (C=O) groups excluding carboxylic acids is 2. The summed E-state index contributed by atoms with van der Waals surface area (Å²) in [7, 11) is 0. The number of aryl methyl sites for hydroxylation is 1. The number of nitrogens with one attached hydrogen (secondary N) is 3. The summed E-state index contributed by atoms with van der Waals surface area (Å²) < 4.78 is 0.939. The molecule has 0 aromatic heterocycles. The highest BCUT2D eigenvalue weighted by Crippen LogP contribution is 2.57. The zero-order chi connectivity index (χ0) is 27.0. The van der Waals surface area contributed by atoms with Crippen molar-refractivity contribution in [2.45, 2.75) is 84.1 Å². The van der Waals surface area contributed by atoms with Gasteiger partial charge in [-0.15, -0.1) is 0 Å². The SMILES string of the molecule is CC(C)c1ccc2c(c1)CC[C@H]1[C@](C)(C(=O)NC(=S)N[C@@H](C)C(=O)Nc3ccc(Br)cc3)CCC[C@]21C. The maximum absolute atomic E-state index is 13.7. The van der Waals surface area contributed by atoms with E-state index in [-0.39, 0.29) is 28.3 Å². The summed E-state index contributed by atoms with van der Waals surface area (Å²) in [5.41, 5.74) is 4.36. The number of hydrogen-bond acceptors (Lipinski definition) is 3. The first-order valence-electron chi connectivity index (χ1n) is 13.3. The van der Waals surface area contributed by atoms with Gasteiger partial charge in [0, 0.05) is 10.2 Å². The lowest BCUT2D eigenvalue weighted by Crippen LogP contribution is -2.58. The molecule has 0 saturated heterocycles. The van der Waals surface area contributed by atoms with Gasteiger partial charge >= 0.3 is 0 Å². The van der Waals surface area contributed by atoms with Gasteiger partial charge in [-0.3, -0.25) is 9.59 Å². The Balaban J connectivity index is 1.43. The Bertz CT molecular complexity index is 1200. The lowest BCUT2D eigenvalue weighted by Gasteiger charge is -2.54. The third-order valence-corrected chi connectivity index (χ3v) is 9.39. The van der Waals surface area contributed by atoms with Crippen molar-refractivity contribution in [2.24, 2.45) is 11.3 Å². The molecule has 3 N–H and O–H groups in total. The van der Waals surface area contributed by atoms with Crippen molar-refractivity contribution in [1.82, 2.24) is 10.6 Å². The molecule has 1 fully saturated rings. The fraction of sp³-hybridized carbons (Fsp3) is 0.500. The smallest absolute Gasteiger partial charge is 0.246 e. The van der Waals surface area contributed by atoms with Crippen LogP contribution in [0.5, 0.6) is 0 Å². The van der Waals surface area contributed by atoms with E-state index in [4.69, 9.17) is 12.2 Å². The van der Waals surface area contributed by atoms with Crippen molar-refractivity contribution in [3.8, 4) is 0 Å². The molecule has 0 spiro atoms. The zero-order valence-electron chi connectivity index (χ0n) is 22.4. The van der Waals surface area contributed by atoms with Crippen molar-refractivity contribution in [1.29, 1.82) is 0 Å². The Labute approximate surface area is 234 Å². The molecule has 5 nitrogen and oxygen atoms in total. The summed E-state index contributed by atoms with van der Waals surface area (Å²) in [6.07, 6.45) is 4.90. The molecule has 2 aliphatic carbocycles. The number of thiocarbonyl (C=S) groups is 1. The van der Waals surface area contributed by atoms with E-state index in [9.17, 15) is 9.59 Å². The van der Waals surface area contributed by atoms with Gasteiger partial charge in [-0.05, 0) is 103 Å². The zero-order valence-corrected chi connectivity index (χ0v) is 24.8. The van der Waals surface area contributed by atoms with Crippen molar-refractivity contribution in [3.05, 3.63) is 63.6 Å². The van der Waals surface area contributed by atoms with Crippen LogP contribution < -0.4 is 16.0 Å². The van der Waals surface area contributed by atoms with E-state index in [0.717, 1.165) is 36.6 Å². The molecule has 1 saturated carbocycles. The summed E-state index contributed by atoms with van der Waals surface area (Å²) in [5, 5.41) is 8.99. The monoisotopic (exact) mass is 583 g/mol. The van der Waals surface area contributed by atoms with E-state index in [2.05, 4.69) is 77.8 Å². The van der Waals surface area contributed by atoms with Crippen molar-refractivity contribution >= 4 is 50.8 Å². The molecule has 4 atom stereocenters. The Morgan fingerprint density at radius 3 is 2.43 bits per heavy atom. The number of carbonyl (C=O) groups is 2. The highest BCUT2D eigenvalue weighted by atomic mass is 79.9. The molecule has 0 bridgehead atoms. The van der Waals surface area contributed by atoms with Crippen LogP contribution in [0.25, 0.3) is 0 Å². The number of fused-ring (bicyclic) bond motifs is 3. The molecule has 0 radical (unpaired) electrons. The summed E-state index contributed by atoms with van der Waals surface area (Å²) in [6.45, 7) is 10.7. The van der Waals surface area contributed by atoms with Gasteiger partial charge in [-0.1, -0.05) is 68.2 Å². The fourth-order valence-electron chi connectivity index (χ4n) is 6.47. The summed E-state index contributed by atoms with van der Waals surface area (Å²) in [5.74, 6) is 0.460. The number of rotatable bonds is 5. The second-order valence-electron chi connectivity index (χ2n) is 11.5. The van der Waals surface area contributed by atoms with Crippen LogP contribution in [0.4, 0.5) is 5.69 Å². The topological polar surface area (TPSA) is 70.2 Å². The molecule has 0 aliphatic heterocycles. The first-order valence-corrected chi connectivity index (χ1v) is 14.5. The van der Waals surface area contributed by atoms with Crippen LogP contribution >= 0.6 is 28.1 Å². The average Bonchev–Trinajstić information content (AvgIpc) is 2.84. The largest absolute Gasteiger partial charge is 0.351 e. The molecule has 2 aromatic rings. The van der Waals surface area contributed by atoms with Gasteiger partial charge in [0.2, 0.25) is 11.8 Å². The molecule has 0 unspecified atom stereocenters. The average molecular weight is 585 g/mol. The van der Waals surface area contributed by atoms with Crippen LogP contribution in [0.15, 0.2) is 46.9 Å². The van der Waals surface area contributed by atoms with Gasteiger partial charge < -0.3 is 16.0 Å². The highest BCUT2D eigenvalue weighted by Gasteiger charge is 2.55. The van der Waals surface area contributed by atoms with E-state index >= 15 is 0 Å². The number of benzene rings is 2. The second kappa shape index (κ2) is 10.9. The second-order valence-corrected chi connectivity index (χ2v) is 12.8. The molecule has 4 rings (SSSR count). The summed E-state index contributed by atoms with van der Waals surface area (Å²) in [6, 6.07) is 13.7. The Kier molecular flexibility index (Phi) is 8.15. The predicted molar refractivity (Wildman–Crippen MR) is 158 cm³/mol. The van der Waals surface area contributed by atoms with Crippen molar-refractivity contribution in [2.75, 3.05) is 5.32 Å². The fourth-order valence-corrected chi connectivity index (χ4v) is 7.00. The third kappa shape index (κ3) is 5.63. The summed E-state index contributed by atoms with van der Waals surface area (Å²) >= 11 is 8.86. The lowest BCUT2D eigenvalue weighted by molar-refractivity contribution is -0.137. The third-order valence-electron chi connectivity index (χ3n) is 8.64. The minimum atomic E-state index is -0.599. The predicted octanol–water partition coefficient (Wildman–Crippen LogP) is 6.60. The Morgan fingerprint density at radius 1 is 1.05 bits per heavy atom. The van der Waals surface area contributed by atoms with Gasteiger partial charge in [0.25, 0.3) is 0 Å². The number of anilines is 1. The van der Waals surface area contributed by atoms with Crippen LogP contribution in [0.1, 0.15) is 82.9 Å². The number of halogens is 1. The van der Waals surface area contributed by atoms with Crippen molar-refractivity contribution in [3.63, 3.8) is 0 Å². The Hall–Kier alpha value is -2.25. The van der Waals surface area contributed by atoms with Crippen molar-refractivity contribution < 1.29 is 9.59 Å². The van der Waals surface area contributed by atoms with E-state index in [0.29, 0.717) is 11.6 Å². The van der Waals surface area contributed by atoms with E-state index in [1.807, 2.05) is 24.3 Å². The van der Waals surface area contributed by atoms with E-state index < -0.39 is 11.5 Å². The molecular weight excluding hydrogens is 546 g/mol. The first kappa shape index (κ1) is 27.8. The molecule has 2 amide bonds. The van der Waals surface area contributed by atoms with Crippen LogP contribution in [0, 0.1) is 11.3 Å². The van der Waals surface area contributed by atoms with E-state index in [1.165, 1.54) is 16.7 Å². The van der Waals surface area contributed by atoms with Crippen LogP contribution in [0.3, 0.4) is 0 Å². The molecular formula is C30H38BrN3O2S. The molecule has 37 heavy (non-hydrogen) atoms. The van der Waals surface area contributed by atoms with E-state index in [1.54, 1.807) is 6.92 Å². The summed E-state index contributed by atoms with van der Waals surface area (Å²) in [4.78, 5) is 26.4. The van der Waals surface area contributed by atoms with Crippen LogP contribution in [0.2, 0.25) is 0 Å². The van der Waals surface area contributed by atoms with Gasteiger partial charge in [0.15, 0.2) is 5.11 Å². The van der Waals surface area contributed by atoms with Gasteiger partial charge in [0.05, 0.1) is 5.41 Å². The molecule has 198 valence electrons. The Morgan fingerprint density at radius 2 is 1.76 bits per heavy atom. The molecule has 2 aliphatic rings. The lowest BCUT2D eigenvalue weighted by atomic mass is 9.49. The van der Waals surface area contributed by atoms with Crippen LogP contribution in [-0.2, 0) is 21.4 Å². The minimum Gasteiger partial charge on any atom is -0.351 e. The maximum atomic E-state index is 13.7. The van der Waals surface area contributed by atoms with Gasteiger partial charge in [0.1, 0.15) is 6.04 Å². The van der Waals surface area contributed by atoms with Gasteiger partial charge in [-0.2, -0.15) is 0 Å². The van der Waals surface area contributed by atoms with Gasteiger partial charge in [-0.25, -0.2) is 0 Å². The number of amides is 2. The standard InChI is InChI=1S/C30H38BrN3O2S/c1-18(2)20-7-13-24-21(17-20)8-14-25-29(24,4)15-6-16-30(25,5)27(36)34-28(37)32-19(3)26(35)33-23-11-9-22(31)10-12-23/h7,9-13,17-19,25H,6,8,14-16H2,1-5H3,(H,33,35)(H2,32,34,36,37)/t19-,25+,29+,30+/m0/s1. The quantitative estimate of drug-likeness (QED) is 0.347. The maximum Gasteiger partial charge on any atom is 0.246 e. The van der Waals surface area contributed by atoms with Crippen LogP contribution in [-0.4, -0.2) is 23.0 Å². The minimum absolute atomic E-state index is 0.0413. The number of hydrogen-bond donors (Lipinski definition) is 3. The normalized spacial score (nSPS) is 25.4. The first-order chi connectivity index (χ1) is 17.4. The molecule has 0 heterocycles. The molecule has 2 aromatic carbocycles. The highest BCUT2D eigenvalue weighted by molar-refractivity contribution is 9.10. The molecule has 7 heteroatoms.